The Kier molecular flexibility index (Phi) is 4.51. The smallest absolute Gasteiger partial charge is 0.454 e. The van der Waals surface area contributed by atoms with Crippen LogP contribution >= 0.6 is 0 Å². The van der Waals surface area contributed by atoms with Crippen LogP contribution in [-0.2, 0) is 24.9 Å². The van der Waals surface area contributed by atoms with Gasteiger partial charge in [0.1, 0.15) is 5.58 Å². The molecular weight excluding hydrogens is 680 g/mol. The number of benzene rings is 3. The molecule has 5 aromatic rings. The molecule has 0 saturated heterocycles. The van der Waals surface area contributed by atoms with Crippen LogP contribution in [0, 0.1) is 6.07 Å². The Hall–Kier alpha value is -3.69. The van der Waals surface area contributed by atoms with E-state index in [-0.39, 0.29) is 64.2 Å². The molecule has 1 radical (unpaired) electrons. The molecule has 0 bridgehead atoms. The first-order chi connectivity index (χ1) is 21.9. The minimum atomic E-state index is -5.42. The number of aromatic nitrogens is 1. The van der Waals surface area contributed by atoms with E-state index in [1.807, 2.05) is 0 Å². The number of alkyl halides is 6. The number of hydrogen-bond donors (Lipinski definition) is 1. The second kappa shape index (κ2) is 10.7. The van der Waals surface area contributed by atoms with Gasteiger partial charge in [-0.05, 0) is 24.5 Å². The number of para-hydroxylation sites is 2. The summed E-state index contributed by atoms with van der Waals surface area (Å²) >= 11 is 0. The van der Waals surface area contributed by atoms with Gasteiger partial charge in [0.2, 0.25) is 5.76 Å². The SMILES string of the molecule is O=C(/C=C(\O)C(F)(F)F)C(F)(F)F.[2H]c1[c-]c(-c2nc3c([2H])c([2H])c([2H])c([2H])c3c([2H])c2[2H])c2oc3c([2H])c([2H])c([2H])c([2H])c3c2c1[2H].[Ir]. The van der Waals surface area contributed by atoms with Gasteiger partial charge in [-0.3, -0.25) is 9.78 Å². The van der Waals surface area contributed by atoms with E-state index in [4.69, 9.17) is 26.0 Å². The van der Waals surface area contributed by atoms with Crippen LogP contribution in [0.15, 0.2) is 88.8 Å². The third kappa shape index (κ3) is 6.18. The second-order valence-corrected chi connectivity index (χ2v) is 6.58. The number of aliphatic hydroxyl groups is 1. The van der Waals surface area contributed by atoms with Gasteiger partial charge in [-0.2, -0.15) is 26.3 Å². The van der Waals surface area contributed by atoms with Gasteiger partial charge in [0, 0.05) is 32.9 Å². The molecule has 2 heterocycles. The Morgan fingerprint density at radius 3 is 2.30 bits per heavy atom. The summed E-state index contributed by atoms with van der Waals surface area (Å²) in [4.78, 5) is 14.1. The first kappa shape index (κ1) is 15.5. The van der Waals surface area contributed by atoms with Crippen molar-refractivity contribution in [3.05, 3.63) is 90.4 Å². The monoisotopic (exact) mass is 707 g/mol. The first-order valence-electron chi connectivity index (χ1n) is 15.2. The maximum absolute atomic E-state index is 11.4. The zero-order valence-electron chi connectivity index (χ0n) is 29.4. The molecule has 0 fully saturated rings. The molecule has 0 amide bonds. The van der Waals surface area contributed by atoms with Crippen LogP contribution < -0.4 is 0 Å². The summed E-state index contributed by atoms with van der Waals surface area (Å²) in [5, 5.41) is 7.44. The average Bonchev–Trinajstić information content (AvgIpc) is 3.40. The van der Waals surface area contributed by atoms with Gasteiger partial charge in [0.15, 0.2) is 0 Å². The maximum Gasteiger partial charge on any atom is 0.454 e. The molecule has 37 heavy (non-hydrogen) atoms. The zero-order chi connectivity index (χ0) is 36.5. The van der Waals surface area contributed by atoms with E-state index < -0.39 is 102 Å². The summed E-state index contributed by atoms with van der Waals surface area (Å²) in [7, 11) is 0. The average molecular weight is 707 g/mol. The third-order valence-corrected chi connectivity index (χ3v) is 4.21. The van der Waals surface area contributed by atoms with Gasteiger partial charge in [-0.15, -0.1) is 18.2 Å². The van der Waals surface area contributed by atoms with Crippen molar-refractivity contribution in [2.45, 2.75) is 12.4 Å². The number of hydrogen-bond acceptors (Lipinski definition) is 4. The standard InChI is InChI=1S/C21H12NO.C5H2F6O2.Ir/c1-3-10-18-14(6-1)12-13-19(22-18)17-9-5-8-16-15-7-2-4-11-20(15)23-21(16)17;6-4(7,8)2(12)1-3(13)5(9,10)11;/h1-8,10-13H;1,12H;/q-1;;/b;2-1-;/i1D,2D,3D,4D,5D,6D,7D,8D,10D,11D,12D,13D;;. The number of aliphatic hydroxyl groups excluding tert-OH is 1. The zero-order valence-corrected chi connectivity index (χ0v) is 19.8. The van der Waals surface area contributed by atoms with Gasteiger partial charge >= 0.3 is 12.4 Å². The summed E-state index contributed by atoms with van der Waals surface area (Å²) in [6.07, 6.45) is -11.7. The van der Waals surface area contributed by atoms with Gasteiger partial charge < -0.3 is 9.52 Å². The molecule has 0 atom stereocenters. The Morgan fingerprint density at radius 2 is 1.59 bits per heavy atom. The molecule has 2 aromatic heterocycles. The van der Waals surface area contributed by atoms with Crippen LogP contribution in [0.5, 0.6) is 0 Å². The number of rotatable bonds is 2. The maximum atomic E-state index is 11.4. The van der Waals surface area contributed by atoms with Crippen molar-refractivity contribution in [2.75, 3.05) is 0 Å². The van der Waals surface area contributed by atoms with E-state index in [1.165, 1.54) is 0 Å². The third-order valence-electron chi connectivity index (χ3n) is 4.21. The molecule has 0 aliphatic rings. The summed E-state index contributed by atoms with van der Waals surface area (Å²) < 4.78 is 172. The molecule has 1 N–H and O–H groups in total. The molecule has 5 rings (SSSR count). The largest absolute Gasteiger partial charge is 0.504 e. The fourth-order valence-electron chi connectivity index (χ4n) is 2.64. The summed E-state index contributed by atoms with van der Waals surface area (Å²) in [5.74, 6) is -5.34. The fraction of sp³-hybridized carbons (Fsp3) is 0.0769. The Labute approximate surface area is 235 Å². The number of ketones is 1. The number of fused-ring (bicyclic) bond motifs is 4. The predicted octanol–water partition coefficient (Wildman–Crippen LogP) is 7.72. The topological polar surface area (TPSA) is 63.3 Å². The number of allylic oxidation sites excluding steroid dienone is 2. The van der Waals surface area contributed by atoms with E-state index in [0.717, 1.165) is 0 Å². The molecule has 11 heteroatoms. The molecule has 4 nitrogen and oxygen atoms in total. The first-order valence-corrected chi connectivity index (χ1v) is 9.24. The van der Waals surface area contributed by atoms with Crippen LogP contribution in [0.3, 0.4) is 0 Å². The van der Waals surface area contributed by atoms with Crippen LogP contribution in [0.2, 0.25) is 0 Å². The van der Waals surface area contributed by atoms with E-state index in [9.17, 15) is 31.1 Å². The minimum Gasteiger partial charge on any atom is -0.504 e. The van der Waals surface area contributed by atoms with E-state index in [1.54, 1.807) is 0 Å². The van der Waals surface area contributed by atoms with Crippen LogP contribution in [0.25, 0.3) is 44.1 Å². The number of pyridine rings is 1. The van der Waals surface area contributed by atoms with Gasteiger partial charge in [0.05, 0.1) is 24.8 Å². The van der Waals surface area contributed by atoms with Crippen LogP contribution in [-0.4, -0.2) is 28.2 Å². The minimum absolute atomic E-state index is 0. The van der Waals surface area contributed by atoms with Gasteiger partial charge in [0.25, 0.3) is 5.78 Å². The number of furan rings is 1. The Morgan fingerprint density at radius 1 is 0.919 bits per heavy atom. The number of carbonyl (C=O) groups is 1. The van der Waals surface area contributed by atoms with E-state index in [0.29, 0.717) is 0 Å². The van der Waals surface area contributed by atoms with Crippen molar-refractivity contribution in [1.82, 2.24) is 4.98 Å². The summed E-state index contributed by atoms with van der Waals surface area (Å²) in [6, 6.07) is -3.72. The summed E-state index contributed by atoms with van der Waals surface area (Å²) in [5.41, 5.74) is -1.23. The Balaban J connectivity index is 0.000000398. The van der Waals surface area contributed by atoms with Crippen LogP contribution in [0.1, 0.15) is 16.4 Å². The van der Waals surface area contributed by atoms with Crippen molar-refractivity contribution in [2.24, 2.45) is 0 Å². The molecular formula is C26H14F6IrNO3-. The van der Waals surface area contributed by atoms with Crippen molar-refractivity contribution >= 4 is 38.6 Å². The molecule has 0 spiro atoms. The van der Waals surface area contributed by atoms with Crippen molar-refractivity contribution in [3.8, 4) is 11.3 Å². The summed E-state index contributed by atoms with van der Waals surface area (Å²) in [6.45, 7) is 0. The number of halogens is 6. The number of nitrogens with zero attached hydrogens (tertiary/aromatic N) is 1. The van der Waals surface area contributed by atoms with Gasteiger partial charge in [-0.25, -0.2) is 0 Å². The van der Waals surface area contributed by atoms with E-state index in [2.05, 4.69) is 11.1 Å². The van der Waals surface area contributed by atoms with Crippen molar-refractivity contribution in [1.29, 1.82) is 0 Å². The number of carbonyl (C=O) groups excluding carboxylic acids is 1. The molecule has 193 valence electrons. The normalized spacial score (nSPS) is 16.8. The quantitative estimate of drug-likeness (QED) is 0.0885. The van der Waals surface area contributed by atoms with Crippen molar-refractivity contribution in [3.63, 3.8) is 0 Å². The predicted molar refractivity (Wildman–Crippen MR) is 121 cm³/mol. The van der Waals surface area contributed by atoms with Crippen LogP contribution in [0.4, 0.5) is 26.3 Å². The Bertz CT molecular complexity index is 2240. The second-order valence-electron chi connectivity index (χ2n) is 6.58. The van der Waals surface area contributed by atoms with Gasteiger partial charge in [-0.1, -0.05) is 59.3 Å². The van der Waals surface area contributed by atoms with E-state index >= 15 is 0 Å². The van der Waals surface area contributed by atoms with Crippen molar-refractivity contribution < 1.29 is 77.2 Å². The molecule has 0 saturated carbocycles. The molecule has 0 aliphatic heterocycles. The molecule has 0 unspecified atom stereocenters. The molecule has 3 aromatic carbocycles. The fourth-order valence-corrected chi connectivity index (χ4v) is 2.64. The molecule has 0 aliphatic carbocycles.